The van der Waals surface area contributed by atoms with Crippen molar-refractivity contribution in [2.45, 2.75) is 24.9 Å². The first kappa shape index (κ1) is 14.5. The third-order valence-corrected chi connectivity index (χ3v) is 3.66. The number of halogens is 1. The van der Waals surface area contributed by atoms with Crippen LogP contribution in [-0.4, -0.2) is 20.9 Å². The Morgan fingerprint density at radius 1 is 1.35 bits per heavy atom. The molecule has 0 amide bonds. The van der Waals surface area contributed by atoms with Gasteiger partial charge in [0.2, 0.25) is 0 Å². The summed E-state index contributed by atoms with van der Waals surface area (Å²) in [4.78, 5) is 15.1. The Labute approximate surface area is 120 Å². The smallest absolute Gasteiger partial charge is 0.363 e. The maximum absolute atomic E-state index is 12.8. The van der Waals surface area contributed by atoms with E-state index >= 15 is 0 Å². The number of benzene rings is 1. The van der Waals surface area contributed by atoms with Gasteiger partial charge < -0.3 is 5.32 Å². The fraction of sp³-hybridized carbons (Fsp3) is 0.308. The fourth-order valence-corrected chi connectivity index (χ4v) is 2.29. The molecule has 2 rings (SSSR count). The molecular formula is C13H15FN4OS. The maximum Gasteiger partial charge on any atom is 0.363 e. The van der Waals surface area contributed by atoms with E-state index in [4.69, 9.17) is 0 Å². The Kier molecular flexibility index (Phi) is 5.11. The van der Waals surface area contributed by atoms with Crippen molar-refractivity contribution in [3.05, 3.63) is 46.1 Å². The molecule has 0 radical (unpaired) electrons. The topological polar surface area (TPSA) is 70.7 Å². The lowest BCUT2D eigenvalue weighted by Gasteiger charge is -2.08. The average molecular weight is 294 g/mol. The lowest BCUT2D eigenvalue weighted by atomic mass is 10.2. The van der Waals surface area contributed by atoms with E-state index < -0.39 is 5.69 Å². The summed E-state index contributed by atoms with van der Waals surface area (Å²) in [5, 5.41) is 10.0. The monoisotopic (exact) mass is 294 g/mol. The zero-order valence-corrected chi connectivity index (χ0v) is 11.8. The highest BCUT2D eigenvalue weighted by Gasteiger charge is 2.07. The Bertz CT molecular complexity index is 615. The van der Waals surface area contributed by atoms with E-state index in [1.165, 1.54) is 23.9 Å². The normalized spacial score (nSPS) is 10.5. The second kappa shape index (κ2) is 7.04. The SMILES string of the molecule is CCCSc1n[nH]c(=O)nc1NCc1ccc(F)cc1. The van der Waals surface area contributed by atoms with Crippen molar-refractivity contribution >= 4 is 17.6 Å². The molecule has 0 saturated heterocycles. The zero-order valence-electron chi connectivity index (χ0n) is 11.0. The first-order valence-electron chi connectivity index (χ1n) is 6.27. The van der Waals surface area contributed by atoms with Crippen molar-refractivity contribution < 1.29 is 4.39 Å². The molecule has 0 aliphatic heterocycles. The molecule has 1 aromatic heterocycles. The molecule has 20 heavy (non-hydrogen) atoms. The largest absolute Gasteiger partial charge is 0.364 e. The van der Waals surface area contributed by atoms with Crippen LogP contribution >= 0.6 is 11.8 Å². The summed E-state index contributed by atoms with van der Waals surface area (Å²) < 4.78 is 12.8. The molecule has 2 aromatic rings. The van der Waals surface area contributed by atoms with Crippen molar-refractivity contribution in [3.63, 3.8) is 0 Å². The summed E-state index contributed by atoms with van der Waals surface area (Å²) in [6.45, 7) is 2.52. The van der Waals surface area contributed by atoms with Crippen molar-refractivity contribution in [1.29, 1.82) is 0 Å². The molecule has 2 N–H and O–H groups in total. The highest BCUT2D eigenvalue weighted by atomic mass is 32.2. The number of H-pyrrole nitrogens is 1. The van der Waals surface area contributed by atoms with Gasteiger partial charge in [0, 0.05) is 6.54 Å². The van der Waals surface area contributed by atoms with Gasteiger partial charge in [-0.1, -0.05) is 19.1 Å². The molecule has 0 unspecified atom stereocenters. The van der Waals surface area contributed by atoms with Crippen LogP contribution in [0, 0.1) is 5.82 Å². The van der Waals surface area contributed by atoms with E-state index in [1.54, 1.807) is 12.1 Å². The van der Waals surface area contributed by atoms with Crippen molar-refractivity contribution in [2.24, 2.45) is 0 Å². The minimum absolute atomic E-state index is 0.274. The number of nitrogens with one attached hydrogen (secondary N) is 2. The van der Waals surface area contributed by atoms with Crippen LogP contribution in [0.15, 0.2) is 34.1 Å². The van der Waals surface area contributed by atoms with Crippen LogP contribution in [-0.2, 0) is 6.54 Å². The highest BCUT2D eigenvalue weighted by molar-refractivity contribution is 7.99. The van der Waals surface area contributed by atoms with Crippen LogP contribution in [0.3, 0.4) is 0 Å². The number of nitrogens with zero attached hydrogens (tertiary/aromatic N) is 2. The van der Waals surface area contributed by atoms with Gasteiger partial charge in [-0.15, -0.1) is 11.8 Å². The molecule has 106 valence electrons. The van der Waals surface area contributed by atoms with Crippen molar-refractivity contribution in [3.8, 4) is 0 Å². The van der Waals surface area contributed by atoms with Gasteiger partial charge in [0.25, 0.3) is 0 Å². The predicted molar refractivity (Wildman–Crippen MR) is 77.4 cm³/mol. The van der Waals surface area contributed by atoms with Crippen LogP contribution < -0.4 is 11.0 Å². The number of aromatic amines is 1. The van der Waals surface area contributed by atoms with E-state index in [2.05, 4.69) is 27.4 Å². The van der Waals surface area contributed by atoms with Crippen LogP contribution in [0.5, 0.6) is 0 Å². The number of rotatable bonds is 6. The van der Waals surface area contributed by atoms with Gasteiger partial charge in [0.1, 0.15) is 5.82 Å². The molecule has 0 spiro atoms. The molecular weight excluding hydrogens is 279 g/mol. The molecule has 0 saturated carbocycles. The van der Waals surface area contributed by atoms with Crippen LogP contribution in [0.1, 0.15) is 18.9 Å². The second-order valence-corrected chi connectivity index (χ2v) is 5.21. The molecule has 5 nitrogen and oxygen atoms in total. The lowest BCUT2D eigenvalue weighted by Crippen LogP contribution is -2.16. The molecule has 0 fully saturated rings. The van der Waals surface area contributed by atoms with Gasteiger partial charge >= 0.3 is 5.69 Å². The predicted octanol–water partition coefficient (Wildman–Crippen LogP) is 2.42. The van der Waals surface area contributed by atoms with Crippen molar-refractivity contribution in [2.75, 3.05) is 11.1 Å². The van der Waals surface area contributed by atoms with Crippen LogP contribution in [0.4, 0.5) is 10.2 Å². The molecule has 0 bridgehead atoms. The van der Waals surface area contributed by atoms with Gasteiger partial charge in [0.15, 0.2) is 10.8 Å². The van der Waals surface area contributed by atoms with E-state index in [-0.39, 0.29) is 5.82 Å². The first-order chi connectivity index (χ1) is 9.69. The van der Waals surface area contributed by atoms with Crippen LogP contribution in [0.25, 0.3) is 0 Å². The standard InChI is InChI=1S/C13H15FN4OS/c1-2-7-20-12-11(16-13(19)18-17-12)15-8-9-3-5-10(14)6-4-9/h3-6H,2,7-8H2,1H3,(H2,15,16,18,19). The second-order valence-electron chi connectivity index (χ2n) is 4.12. The van der Waals surface area contributed by atoms with Crippen LogP contribution in [0.2, 0.25) is 0 Å². The molecule has 0 atom stereocenters. The summed E-state index contributed by atoms with van der Waals surface area (Å²) in [5.41, 5.74) is 0.410. The summed E-state index contributed by atoms with van der Waals surface area (Å²) >= 11 is 1.53. The Morgan fingerprint density at radius 3 is 2.80 bits per heavy atom. The molecule has 7 heteroatoms. The number of aromatic nitrogens is 3. The Balaban J connectivity index is 2.09. The summed E-state index contributed by atoms with van der Waals surface area (Å²) in [6, 6.07) is 6.16. The highest BCUT2D eigenvalue weighted by Crippen LogP contribution is 2.22. The summed E-state index contributed by atoms with van der Waals surface area (Å²) in [7, 11) is 0. The van der Waals surface area contributed by atoms with E-state index in [9.17, 15) is 9.18 Å². The maximum atomic E-state index is 12.8. The Hall–Kier alpha value is -1.89. The zero-order chi connectivity index (χ0) is 14.4. The summed E-state index contributed by atoms with van der Waals surface area (Å²) in [6.07, 6.45) is 1.00. The van der Waals surface area contributed by atoms with Gasteiger partial charge in [-0.2, -0.15) is 10.1 Å². The number of hydrogen-bond acceptors (Lipinski definition) is 5. The Morgan fingerprint density at radius 2 is 2.10 bits per heavy atom. The molecule has 1 aromatic carbocycles. The van der Waals surface area contributed by atoms with Gasteiger partial charge in [-0.25, -0.2) is 14.3 Å². The van der Waals surface area contributed by atoms with Crippen molar-refractivity contribution in [1.82, 2.24) is 15.2 Å². The average Bonchev–Trinajstić information content (AvgIpc) is 2.46. The molecule has 1 heterocycles. The fourth-order valence-electron chi connectivity index (χ4n) is 1.53. The number of anilines is 1. The minimum atomic E-state index is -0.493. The van der Waals surface area contributed by atoms with E-state index in [0.29, 0.717) is 17.4 Å². The molecule has 0 aliphatic rings. The van der Waals surface area contributed by atoms with E-state index in [0.717, 1.165) is 17.7 Å². The third-order valence-electron chi connectivity index (χ3n) is 2.49. The summed E-state index contributed by atoms with van der Waals surface area (Å²) in [5.74, 6) is 1.08. The van der Waals surface area contributed by atoms with E-state index in [1.807, 2.05) is 0 Å². The van der Waals surface area contributed by atoms with Gasteiger partial charge in [-0.05, 0) is 29.9 Å². The molecule has 0 aliphatic carbocycles. The van der Waals surface area contributed by atoms with Gasteiger partial charge in [-0.3, -0.25) is 0 Å². The number of hydrogen-bond donors (Lipinski definition) is 2. The number of thioether (sulfide) groups is 1. The third kappa shape index (κ3) is 4.06. The minimum Gasteiger partial charge on any atom is -0.364 e. The lowest BCUT2D eigenvalue weighted by molar-refractivity contribution is 0.627. The first-order valence-corrected chi connectivity index (χ1v) is 7.25. The quantitative estimate of drug-likeness (QED) is 0.801. The van der Waals surface area contributed by atoms with Gasteiger partial charge in [0.05, 0.1) is 0 Å².